The van der Waals surface area contributed by atoms with E-state index >= 15 is 0 Å². The molecule has 1 N–H and O–H groups in total. The highest BCUT2D eigenvalue weighted by molar-refractivity contribution is 6.01. The Morgan fingerprint density at radius 2 is 1.86 bits per heavy atom. The van der Waals surface area contributed by atoms with Gasteiger partial charge in [0, 0.05) is 24.9 Å². The van der Waals surface area contributed by atoms with Gasteiger partial charge in [-0.1, -0.05) is 6.07 Å². The van der Waals surface area contributed by atoms with Gasteiger partial charge in [-0.15, -0.1) is 0 Å². The highest BCUT2D eigenvalue weighted by Gasteiger charge is 2.18. The predicted octanol–water partition coefficient (Wildman–Crippen LogP) is 3.54. The van der Waals surface area contributed by atoms with Crippen molar-refractivity contribution < 1.29 is 19.0 Å². The number of rotatable bonds is 5. The lowest BCUT2D eigenvalue weighted by molar-refractivity contribution is -0.111. The van der Waals surface area contributed by atoms with Crippen molar-refractivity contribution in [2.75, 3.05) is 32.2 Å². The lowest BCUT2D eigenvalue weighted by Crippen LogP contribution is -2.35. The van der Waals surface area contributed by atoms with Crippen molar-refractivity contribution in [1.29, 1.82) is 0 Å². The number of ether oxygens (including phenoxy) is 3. The van der Waals surface area contributed by atoms with Crippen LogP contribution in [0.3, 0.4) is 0 Å². The standard InChI is InChI=1S/C22H24N2O4/c1-24-12-10-19(11-13-24)28-18-6-4-17(5-7-18)23-22(25)9-3-16-2-8-20-21(14-16)27-15-26-20/h2-9,14,19H,10-13,15H2,1H3,(H,23,25)/b9-3+. The van der Waals surface area contributed by atoms with Gasteiger partial charge in [-0.05, 0) is 67.9 Å². The van der Waals surface area contributed by atoms with Gasteiger partial charge in [-0.2, -0.15) is 0 Å². The summed E-state index contributed by atoms with van der Waals surface area (Å²) < 4.78 is 16.7. The Hall–Kier alpha value is -2.99. The molecule has 0 aliphatic carbocycles. The molecule has 2 heterocycles. The number of hydrogen-bond acceptors (Lipinski definition) is 5. The second-order valence-corrected chi connectivity index (χ2v) is 7.08. The zero-order valence-corrected chi connectivity index (χ0v) is 15.9. The maximum Gasteiger partial charge on any atom is 0.248 e. The molecule has 0 saturated carbocycles. The zero-order valence-electron chi connectivity index (χ0n) is 15.9. The molecule has 0 spiro atoms. The van der Waals surface area contributed by atoms with Gasteiger partial charge in [0.25, 0.3) is 0 Å². The summed E-state index contributed by atoms with van der Waals surface area (Å²) in [6.45, 7) is 2.36. The molecule has 4 rings (SSSR count). The van der Waals surface area contributed by atoms with Crippen molar-refractivity contribution >= 4 is 17.7 Å². The third-order valence-electron chi connectivity index (χ3n) is 4.91. The van der Waals surface area contributed by atoms with E-state index in [1.807, 2.05) is 42.5 Å². The first kappa shape index (κ1) is 18.4. The minimum atomic E-state index is -0.193. The molecule has 1 fully saturated rings. The summed E-state index contributed by atoms with van der Waals surface area (Å²) in [5.41, 5.74) is 1.61. The molecule has 0 unspecified atom stereocenters. The van der Waals surface area contributed by atoms with E-state index in [1.165, 1.54) is 6.08 Å². The molecular formula is C22H24N2O4. The maximum absolute atomic E-state index is 12.2. The van der Waals surface area contributed by atoms with Crippen molar-refractivity contribution in [3.63, 3.8) is 0 Å². The van der Waals surface area contributed by atoms with Crippen LogP contribution in [0.25, 0.3) is 6.08 Å². The topological polar surface area (TPSA) is 60.0 Å². The second-order valence-electron chi connectivity index (χ2n) is 7.08. The number of hydrogen-bond donors (Lipinski definition) is 1. The van der Waals surface area contributed by atoms with Crippen LogP contribution in [-0.4, -0.2) is 43.8 Å². The third-order valence-corrected chi connectivity index (χ3v) is 4.91. The van der Waals surface area contributed by atoms with Crippen LogP contribution in [0.1, 0.15) is 18.4 Å². The number of piperidine rings is 1. The van der Waals surface area contributed by atoms with E-state index < -0.39 is 0 Å². The molecule has 2 aromatic carbocycles. The maximum atomic E-state index is 12.2. The number of benzene rings is 2. The largest absolute Gasteiger partial charge is 0.490 e. The van der Waals surface area contributed by atoms with E-state index in [0.29, 0.717) is 5.75 Å². The number of carbonyl (C=O) groups is 1. The highest BCUT2D eigenvalue weighted by Crippen LogP contribution is 2.32. The lowest BCUT2D eigenvalue weighted by Gasteiger charge is -2.29. The van der Waals surface area contributed by atoms with Gasteiger partial charge in [0.05, 0.1) is 0 Å². The first-order valence-electron chi connectivity index (χ1n) is 9.50. The van der Waals surface area contributed by atoms with Crippen LogP contribution in [0.15, 0.2) is 48.5 Å². The Kier molecular flexibility index (Phi) is 5.48. The van der Waals surface area contributed by atoms with Crippen molar-refractivity contribution in [2.45, 2.75) is 18.9 Å². The molecule has 1 saturated heterocycles. The van der Waals surface area contributed by atoms with Crippen LogP contribution in [0.5, 0.6) is 17.2 Å². The fourth-order valence-electron chi connectivity index (χ4n) is 3.28. The number of nitrogens with one attached hydrogen (secondary N) is 1. The normalized spacial score (nSPS) is 17.0. The Bertz CT molecular complexity index is 855. The summed E-state index contributed by atoms with van der Waals surface area (Å²) in [5, 5.41) is 2.86. The average Bonchev–Trinajstić information content (AvgIpc) is 3.17. The van der Waals surface area contributed by atoms with E-state index in [1.54, 1.807) is 6.08 Å². The molecule has 2 aliphatic rings. The van der Waals surface area contributed by atoms with Crippen molar-refractivity contribution in [3.05, 3.63) is 54.1 Å². The summed E-state index contributed by atoms with van der Waals surface area (Å²) in [7, 11) is 2.13. The van der Waals surface area contributed by atoms with Crippen LogP contribution in [0.2, 0.25) is 0 Å². The van der Waals surface area contributed by atoms with Crippen molar-refractivity contribution in [2.24, 2.45) is 0 Å². The molecule has 28 heavy (non-hydrogen) atoms. The molecule has 0 bridgehead atoms. The molecule has 2 aromatic rings. The molecule has 146 valence electrons. The van der Waals surface area contributed by atoms with Crippen LogP contribution < -0.4 is 19.5 Å². The number of carbonyl (C=O) groups excluding carboxylic acids is 1. The Balaban J connectivity index is 1.29. The van der Waals surface area contributed by atoms with Crippen molar-refractivity contribution in [1.82, 2.24) is 4.90 Å². The van der Waals surface area contributed by atoms with Crippen LogP contribution in [0, 0.1) is 0 Å². The minimum absolute atomic E-state index is 0.193. The molecule has 0 radical (unpaired) electrons. The fourth-order valence-corrected chi connectivity index (χ4v) is 3.28. The van der Waals surface area contributed by atoms with E-state index in [9.17, 15) is 4.79 Å². The molecular weight excluding hydrogens is 356 g/mol. The number of anilines is 1. The smallest absolute Gasteiger partial charge is 0.248 e. The van der Waals surface area contributed by atoms with E-state index in [4.69, 9.17) is 14.2 Å². The van der Waals surface area contributed by atoms with Crippen LogP contribution in [-0.2, 0) is 4.79 Å². The molecule has 2 aliphatic heterocycles. The zero-order chi connectivity index (χ0) is 19.3. The lowest BCUT2D eigenvalue weighted by atomic mass is 10.1. The van der Waals surface area contributed by atoms with Crippen molar-refractivity contribution in [3.8, 4) is 17.2 Å². The Morgan fingerprint density at radius 3 is 2.64 bits per heavy atom. The third kappa shape index (κ3) is 4.64. The molecule has 0 atom stereocenters. The van der Waals surface area contributed by atoms with Gasteiger partial charge in [0.15, 0.2) is 11.5 Å². The average molecular weight is 380 g/mol. The monoisotopic (exact) mass is 380 g/mol. The number of fused-ring (bicyclic) bond motifs is 1. The van der Waals surface area contributed by atoms with Gasteiger partial charge in [-0.3, -0.25) is 4.79 Å². The van der Waals surface area contributed by atoms with E-state index in [0.717, 1.165) is 48.7 Å². The fraction of sp³-hybridized carbons (Fsp3) is 0.318. The Labute approximate surface area is 164 Å². The van der Waals surface area contributed by atoms with Crippen LogP contribution in [0.4, 0.5) is 5.69 Å². The van der Waals surface area contributed by atoms with Gasteiger partial charge in [0.2, 0.25) is 12.7 Å². The van der Waals surface area contributed by atoms with E-state index in [-0.39, 0.29) is 18.8 Å². The molecule has 6 heteroatoms. The van der Waals surface area contributed by atoms with Gasteiger partial charge < -0.3 is 24.4 Å². The molecule has 1 amide bonds. The summed E-state index contributed by atoms with van der Waals surface area (Å²) in [6.07, 6.45) is 5.59. The second kappa shape index (κ2) is 8.35. The number of amides is 1. The summed E-state index contributed by atoms with van der Waals surface area (Å²) in [5.74, 6) is 2.07. The van der Waals surface area contributed by atoms with E-state index in [2.05, 4.69) is 17.3 Å². The number of likely N-dealkylation sites (tertiary alicyclic amines) is 1. The Morgan fingerprint density at radius 1 is 1.11 bits per heavy atom. The summed E-state index contributed by atoms with van der Waals surface area (Å²) in [4.78, 5) is 14.5. The van der Waals surface area contributed by atoms with Crippen LogP contribution >= 0.6 is 0 Å². The highest BCUT2D eigenvalue weighted by atomic mass is 16.7. The number of nitrogens with zero attached hydrogens (tertiary/aromatic N) is 1. The van der Waals surface area contributed by atoms with Gasteiger partial charge in [0.1, 0.15) is 11.9 Å². The SMILES string of the molecule is CN1CCC(Oc2ccc(NC(=O)/C=C/c3ccc4c(c3)OCO4)cc2)CC1. The predicted molar refractivity (Wildman–Crippen MR) is 108 cm³/mol. The first-order valence-corrected chi connectivity index (χ1v) is 9.50. The first-order chi connectivity index (χ1) is 13.7. The summed E-state index contributed by atoms with van der Waals surface area (Å²) in [6, 6.07) is 13.1. The van der Waals surface area contributed by atoms with Gasteiger partial charge >= 0.3 is 0 Å². The molecule has 0 aromatic heterocycles. The minimum Gasteiger partial charge on any atom is -0.490 e. The summed E-state index contributed by atoms with van der Waals surface area (Å²) >= 11 is 0. The van der Waals surface area contributed by atoms with Gasteiger partial charge in [-0.25, -0.2) is 0 Å². The molecule has 6 nitrogen and oxygen atoms in total. The quantitative estimate of drug-likeness (QED) is 0.804.